The lowest BCUT2D eigenvalue weighted by Gasteiger charge is -2.25. The Hall–Kier alpha value is -1.63. The van der Waals surface area contributed by atoms with E-state index in [2.05, 4.69) is 15.4 Å². The second-order valence-corrected chi connectivity index (χ2v) is 5.61. The third-order valence-corrected chi connectivity index (χ3v) is 3.77. The van der Waals surface area contributed by atoms with Crippen molar-refractivity contribution < 1.29 is 9.90 Å². The highest BCUT2D eigenvalue weighted by Gasteiger charge is 2.27. The number of carbonyl (C=O) groups is 1. The third-order valence-electron chi connectivity index (χ3n) is 3.77. The molecular weight excluding hydrogens is 258 g/mol. The van der Waals surface area contributed by atoms with Crippen LogP contribution in [0.4, 0.5) is 4.79 Å². The molecular formula is C13H23N5O2. The molecule has 0 aromatic carbocycles. The van der Waals surface area contributed by atoms with Gasteiger partial charge in [0.05, 0.1) is 12.6 Å². The second-order valence-electron chi connectivity index (χ2n) is 5.61. The SMILES string of the molecule is CC(Cn1cncn1)NC(=O)N(C)CC1CCCC1O. The fraction of sp³-hybridized carbons (Fsp3) is 0.769. The van der Waals surface area contributed by atoms with Gasteiger partial charge in [0, 0.05) is 25.6 Å². The van der Waals surface area contributed by atoms with E-state index in [-0.39, 0.29) is 24.1 Å². The molecule has 0 spiro atoms. The summed E-state index contributed by atoms with van der Waals surface area (Å²) >= 11 is 0. The molecule has 1 saturated carbocycles. The molecule has 1 fully saturated rings. The van der Waals surface area contributed by atoms with E-state index >= 15 is 0 Å². The first-order valence-corrected chi connectivity index (χ1v) is 7.08. The van der Waals surface area contributed by atoms with Gasteiger partial charge in [-0.25, -0.2) is 9.78 Å². The number of carbonyl (C=O) groups excluding carboxylic acids is 1. The van der Waals surface area contributed by atoms with Crippen molar-refractivity contribution in [2.75, 3.05) is 13.6 Å². The summed E-state index contributed by atoms with van der Waals surface area (Å²) in [6.45, 7) is 3.12. The van der Waals surface area contributed by atoms with Crippen LogP contribution in [0.3, 0.4) is 0 Å². The minimum absolute atomic E-state index is 0.0276. The van der Waals surface area contributed by atoms with E-state index in [0.29, 0.717) is 13.1 Å². The maximum Gasteiger partial charge on any atom is 0.317 e. The van der Waals surface area contributed by atoms with Gasteiger partial charge < -0.3 is 15.3 Å². The molecule has 2 rings (SSSR count). The predicted octanol–water partition coefficient (Wildman–Crippen LogP) is 0.469. The van der Waals surface area contributed by atoms with E-state index in [4.69, 9.17) is 0 Å². The van der Waals surface area contributed by atoms with Crippen LogP contribution >= 0.6 is 0 Å². The lowest BCUT2D eigenvalue weighted by molar-refractivity contribution is 0.113. The van der Waals surface area contributed by atoms with Gasteiger partial charge in [0.15, 0.2) is 0 Å². The molecule has 0 saturated heterocycles. The lowest BCUT2D eigenvalue weighted by Crippen LogP contribution is -2.45. The third kappa shape index (κ3) is 3.93. The molecule has 0 radical (unpaired) electrons. The number of hydrogen-bond donors (Lipinski definition) is 2. The van der Waals surface area contributed by atoms with Crippen LogP contribution in [0.5, 0.6) is 0 Å². The smallest absolute Gasteiger partial charge is 0.317 e. The lowest BCUT2D eigenvalue weighted by atomic mass is 10.1. The van der Waals surface area contributed by atoms with Gasteiger partial charge in [-0.15, -0.1) is 0 Å². The first-order valence-electron chi connectivity index (χ1n) is 7.08. The van der Waals surface area contributed by atoms with Crippen molar-refractivity contribution in [3.63, 3.8) is 0 Å². The molecule has 0 aliphatic heterocycles. The van der Waals surface area contributed by atoms with Gasteiger partial charge in [0.2, 0.25) is 0 Å². The Morgan fingerprint density at radius 1 is 1.60 bits per heavy atom. The Morgan fingerprint density at radius 2 is 2.40 bits per heavy atom. The highest BCUT2D eigenvalue weighted by molar-refractivity contribution is 5.74. The summed E-state index contributed by atoms with van der Waals surface area (Å²) < 4.78 is 1.69. The molecule has 0 bridgehead atoms. The van der Waals surface area contributed by atoms with E-state index in [9.17, 15) is 9.90 Å². The Bertz CT molecular complexity index is 422. The number of rotatable bonds is 5. The Morgan fingerprint density at radius 3 is 3.00 bits per heavy atom. The normalized spacial score (nSPS) is 23.6. The average Bonchev–Trinajstić information content (AvgIpc) is 3.02. The van der Waals surface area contributed by atoms with Crippen molar-refractivity contribution in [3.8, 4) is 0 Å². The summed E-state index contributed by atoms with van der Waals surface area (Å²) in [5, 5.41) is 16.7. The zero-order valence-corrected chi connectivity index (χ0v) is 12.1. The zero-order valence-electron chi connectivity index (χ0n) is 12.1. The van der Waals surface area contributed by atoms with Crippen molar-refractivity contribution in [2.24, 2.45) is 5.92 Å². The van der Waals surface area contributed by atoms with E-state index in [1.165, 1.54) is 6.33 Å². The summed E-state index contributed by atoms with van der Waals surface area (Å²) in [4.78, 5) is 17.6. The number of aliphatic hydroxyl groups excluding tert-OH is 1. The topological polar surface area (TPSA) is 83.3 Å². The number of aliphatic hydroxyl groups is 1. The second kappa shape index (κ2) is 6.69. The first kappa shape index (κ1) is 14.8. The van der Waals surface area contributed by atoms with E-state index in [1.54, 1.807) is 23.0 Å². The standard InChI is InChI=1S/C13H23N5O2/c1-10(6-18-9-14-8-15-18)16-13(20)17(2)7-11-4-3-5-12(11)19/h8-12,19H,3-7H2,1-2H3,(H,16,20). The van der Waals surface area contributed by atoms with Crippen molar-refractivity contribution >= 4 is 6.03 Å². The Labute approximate surface area is 119 Å². The number of aromatic nitrogens is 3. The van der Waals surface area contributed by atoms with E-state index in [0.717, 1.165) is 19.3 Å². The summed E-state index contributed by atoms with van der Waals surface area (Å²) in [6, 6.07) is -0.142. The van der Waals surface area contributed by atoms with Crippen LogP contribution in [0.15, 0.2) is 12.7 Å². The number of amides is 2. The molecule has 1 aliphatic rings. The quantitative estimate of drug-likeness (QED) is 0.822. The molecule has 112 valence electrons. The van der Waals surface area contributed by atoms with Crippen LogP contribution in [0.2, 0.25) is 0 Å². The van der Waals surface area contributed by atoms with E-state index in [1.807, 2.05) is 6.92 Å². The highest BCUT2D eigenvalue weighted by Crippen LogP contribution is 2.25. The molecule has 2 amide bonds. The molecule has 1 aliphatic carbocycles. The van der Waals surface area contributed by atoms with Crippen molar-refractivity contribution in [2.45, 2.75) is 44.9 Å². The predicted molar refractivity (Wildman–Crippen MR) is 74.0 cm³/mol. The molecule has 1 aromatic rings. The molecule has 1 aromatic heterocycles. The van der Waals surface area contributed by atoms with Crippen molar-refractivity contribution in [3.05, 3.63) is 12.7 Å². The molecule has 20 heavy (non-hydrogen) atoms. The highest BCUT2D eigenvalue weighted by atomic mass is 16.3. The minimum atomic E-state index is -0.266. The van der Waals surface area contributed by atoms with Gasteiger partial charge in [-0.05, 0) is 19.8 Å². The van der Waals surface area contributed by atoms with Gasteiger partial charge in [0.25, 0.3) is 0 Å². The molecule has 2 N–H and O–H groups in total. The number of nitrogens with one attached hydrogen (secondary N) is 1. The molecule has 3 atom stereocenters. The van der Waals surface area contributed by atoms with E-state index < -0.39 is 0 Å². The van der Waals surface area contributed by atoms with Crippen LogP contribution in [-0.4, -0.2) is 56.5 Å². The van der Waals surface area contributed by atoms with Gasteiger partial charge in [-0.1, -0.05) is 6.42 Å². The van der Waals surface area contributed by atoms with Crippen molar-refractivity contribution in [1.29, 1.82) is 0 Å². The molecule has 7 heteroatoms. The van der Waals surface area contributed by atoms with Gasteiger partial charge in [-0.3, -0.25) is 4.68 Å². The summed E-state index contributed by atoms with van der Waals surface area (Å²) in [5.41, 5.74) is 0. The van der Waals surface area contributed by atoms with Crippen LogP contribution in [0.25, 0.3) is 0 Å². The fourth-order valence-corrected chi connectivity index (χ4v) is 2.64. The van der Waals surface area contributed by atoms with Crippen LogP contribution in [0.1, 0.15) is 26.2 Å². The fourth-order valence-electron chi connectivity index (χ4n) is 2.64. The number of hydrogen-bond acceptors (Lipinski definition) is 4. The Kier molecular flexibility index (Phi) is 4.94. The summed E-state index contributed by atoms with van der Waals surface area (Å²) in [5.74, 6) is 0.205. The van der Waals surface area contributed by atoms with Crippen LogP contribution in [0, 0.1) is 5.92 Å². The summed E-state index contributed by atoms with van der Waals surface area (Å²) in [6.07, 6.45) is 5.72. The van der Waals surface area contributed by atoms with Crippen LogP contribution < -0.4 is 5.32 Å². The van der Waals surface area contributed by atoms with Gasteiger partial charge >= 0.3 is 6.03 Å². The maximum absolute atomic E-state index is 12.1. The maximum atomic E-state index is 12.1. The largest absolute Gasteiger partial charge is 0.393 e. The van der Waals surface area contributed by atoms with Crippen LogP contribution in [-0.2, 0) is 6.54 Å². The number of nitrogens with zero attached hydrogens (tertiary/aromatic N) is 4. The Balaban J connectivity index is 1.75. The molecule has 1 heterocycles. The molecule has 3 unspecified atom stereocenters. The van der Waals surface area contributed by atoms with Gasteiger partial charge in [0.1, 0.15) is 12.7 Å². The first-order chi connectivity index (χ1) is 9.56. The molecule has 7 nitrogen and oxygen atoms in total. The summed E-state index contributed by atoms with van der Waals surface area (Å²) in [7, 11) is 1.77. The monoisotopic (exact) mass is 281 g/mol. The average molecular weight is 281 g/mol. The van der Waals surface area contributed by atoms with Gasteiger partial charge in [-0.2, -0.15) is 5.10 Å². The minimum Gasteiger partial charge on any atom is -0.393 e. The zero-order chi connectivity index (χ0) is 14.5. The number of urea groups is 1. The van der Waals surface area contributed by atoms with Crippen molar-refractivity contribution in [1.82, 2.24) is 25.0 Å².